The molecule has 136 valence electrons. The minimum Gasteiger partial charge on any atom is -0.346 e. The quantitative estimate of drug-likeness (QED) is 0.758. The average Bonchev–Trinajstić information content (AvgIpc) is 3.53. The fourth-order valence-corrected chi connectivity index (χ4v) is 3.83. The first-order valence-corrected chi connectivity index (χ1v) is 9.25. The Morgan fingerprint density at radius 1 is 1.33 bits per heavy atom. The normalized spacial score (nSPS) is 22.3. The number of hydrogen-bond acceptors (Lipinski definition) is 4. The number of hydrogen-bond donors (Lipinski definition) is 1. The van der Waals surface area contributed by atoms with Crippen LogP contribution in [0.3, 0.4) is 0 Å². The summed E-state index contributed by atoms with van der Waals surface area (Å²) in [6.45, 7) is 2.90. The fraction of sp³-hybridized carbons (Fsp3) is 0.333. The first-order valence-electron chi connectivity index (χ1n) is 9.25. The standard InChI is InChI=1S/C21H20N4O2/c1-13-16(19(26)23-11-15-4-2-3-6-22-15)8-17-18(24-13)5-7-25(20(17)27)12-21-9-14(21)10-21/h2-8,14H,9-12H2,1H3,(H,23,26). The molecule has 0 aromatic carbocycles. The molecule has 1 amide bonds. The van der Waals surface area contributed by atoms with Gasteiger partial charge in [0, 0.05) is 18.9 Å². The van der Waals surface area contributed by atoms with Gasteiger partial charge in [-0.15, -0.1) is 0 Å². The zero-order chi connectivity index (χ0) is 18.6. The van der Waals surface area contributed by atoms with Crippen LogP contribution in [0.4, 0.5) is 0 Å². The number of nitrogens with one attached hydrogen (secondary N) is 1. The summed E-state index contributed by atoms with van der Waals surface area (Å²) in [4.78, 5) is 34.2. The molecule has 0 radical (unpaired) electrons. The van der Waals surface area contributed by atoms with E-state index >= 15 is 0 Å². The predicted octanol–water partition coefficient (Wildman–Crippen LogP) is 2.44. The van der Waals surface area contributed by atoms with Crippen LogP contribution < -0.4 is 10.9 Å². The second-order valence-corrected chi connectivity index (χ2v) is 7.77. The number of carbonyl (C=O) groups excluding carboxylic acids is 1. The van der Waals surface area contributed by atoms with Gasteiger partial charge >= 0.3 is 0 Å². The molecule has 2 saturated carbocycles. The summed E-state index contributed by atoms with van der Waals surface area (Å²) in [5, 5.41) is 3.36. The number of aromatic nitrogens is 3. The van der Waals surface area contributed by atoms with Crippen molar-refractivity contribution in [1.82, 2.24) is 19.9 Å². The number of pyridine rings is 3. The first-order chi connectivity index (χ1) is 13.1. The van der Waals surface area contributed by atoms with Crippen LogP contribution in [-0.4, -0.2) is 20.4 Å². The molecule has 3 aromatic heterocycles. The molecule has 2 fully saturated rings. The molecule has 6 nitrogen and oxygen atoms in total. The third-order valence-corrected chi connectivity index (χ3v) is 5.88. The maximum atomic E-state index is 12.9. The van der Waals surface area contributed by atoms with Crippen LogP contribution in [0, 0.1) is 18.3 Å². The number of rotatable bonds is 5. The summed E-state index contributed by atoms with van der Waals surface area (Å²) in [6, 6.07) is 9.12. The van der Waals surface area contributed by atoms with E-state index in [2.05, 4.69) is 15.3 Å². The van der Waals surface area contributed by atoms with Crippen LogP contribution in [0.25, 0.3) is 10.9 Å². The molecule has 2 aliphatic carbocycles. The molecule has 1 N–H and O–H groups in total. The zero-order valence-corrected chi connectivity index (χ0v) is 15.1. The van der Waals surface area contributed by atoms with Crippen molar-refractivity contribution in [1.29, 1.82) is 0 Å². The molecule has 0 bridgehead atoms. The highest BCUT2D eigenvalue weighted by atomic mass is 16.1. The van der Waals surface area contributed by atoms with Crippen molar-refractivity contribution >= 4 is 16.8 Å². The van der Waals surface area contributed by atoms with Crippen molar-refractivity contribution in [2.45, 2.75) is 32.9 Å². The molecule has 0 aliphatic heterocycles. The first kappa shape index (κ1) is 16.2. The Hall–Kier alpha value is -3.02. The molecule has 6 heteroatoms. The highest BCUT2D eigenvalue weighted by molar-refractivity contribution is 5.98. The molecule has 27 heavy (non-hydrogen) atoms. The number of carbonyl (C=O) groups is 1. The highest BCUT2D eigenvalue weighted by Gasteiger charge is 2.69. The largest absolute Gasteiger partial charge is 0.346 e. The highest BCUT2D eigenvalue weighted by Crippen LogP contribution is 2.75. The van der Waals surface area contributed by atoms with Gasteiger partial charge in [-0.3, -0.25) is 19.6 Å². The molecular weight excluding hydrogens is 340 g/mol. The summed E-state index contributed by atoms with van der Waals surface area (Å²) in [6.07, 6.45) is 6.01. The maximum absolute atomic E-state index is 12.9. The van der Waals surface area contributed by atoms with Gasteiger partial charge in [-0.1, -0.05) is 6.07 Å². The minimum absolute atomic E-state index is 0.0642. The summed E-state index contributed by atoms with van der Waals surface area (Å²) in [5.41, 5.74) is 2.78. The van der Waals surface area contributed by atoms with Gasteiger partial charge in [0.05, 0.1) is 34.4 Å². The van der Waals surface area contributed by atoms with Gasteiger partial charge in [0.15, 0.2) is 0 Å². The van der Waals surface area contributed by atoms with Gasteiger partial charge in [0.25, 0.3) is 11.5 Å². The summed E-state index contributed by atoms with van der Waals surface area (Å²) in [7, 11) is 0. The summed E-state index contributed by atoms with van der Waals surface area (Å²) in [5.74, 6) is 0.578. The van der Waals surface area contributed by atoms with Crippen LogP contribution in [0.15, 0.2) is 47.5 Å². The van der Waals surface area contributed by atoms with Crippen LogP contribution in [-0.2, 0) is 13.1 Å². The van der Waals surface area contributed by atoms with Crippen molar-refractivity contribution in [3.63, 3.8) is 0 Å². The molecule has 0 unspecified atom stereocenters. The Balaban J connectivity index is 1.44. The fourth-order valence-electron chi connectivity index (χ4n) is 3.83. The molecule has 0 saturated heterocycles. The lowest BCUT2D eigenvalue weighted by molar-refractivity contribution is 0.0949. The monoisotopic (exact) mass is 360 g/mol. The van der Waals surface area contributed by atoms with Crippen molar-refractivity contribution in [3.05, 3.63) is 70.0 Å². The van der Waals surface area contributed by atoms with E-state index < -0.39 is 0 Å². The maximum Gasteiger partial charge on any atom is 0.260 e. The lowest BCUT2D eigenvalue weighted by Gasteiger charge is -2.11. The van der Waals surface area contributed by atoms with E-state index in [-0.39, 0.29) is 11.5 Å². The van der Waals surface area contributed by atoms with Gasteiger partial charge in [0.1, 0.15) is 0 Å². The van der Waals surface area contributed by atoms with Gasteiger partial charge in [0.2, 0.25) is 0 Å². The van der Waals surface area contributed by atoms with Crippen LogP contribution >= 0.6 is 0 Å². The topological polar surface area (TPSA) is 76.9 Å². The van der Waals surface area contributed by atoms with E-state index in [4.69, 9.17) is 0 Å². The molecule has 3 heterocycles. The minimum atomic E-state index is -0.245. The van der Waals surface area contributed by atoms with E-state index in [1.54, 1.807) is 23.8 Å². The van der Waals surface area contributed by atoms with Crippen molar-refractivity contribution in [3.8, 4) is 0 Å². The second kappa shape index (κ2) is 5.74. The SMILES string of the molecule is Cc1nc2ccn(CC34CC3C4)c(=O)c2cc1C(=O)NCc1ccccn1. The predicted molar refractivity (Wildman–Crippen MR) is 101 cm³/mol. The Labute approximate surface area is 156 Å². The van der Waals surface area contributed by atoms with Crippen LogP contribution in [0.2, 0.25) is 0 Å². The molecule has 5 rings (SSSR count). The van der Waals surface area contributed by atoms with Gasteiger partial charge in [-0.2, -0.15) is 0 Å². The van der Waals surface area contributed by atoms with Gasteiger partial charge in [-0.05, 0) is 55.4 Å². The Kier molecular flexibility index (Phi) is 3.44. The van der Waals surface area contributed by atoms with Crippen molar-refractivity contribution < 1.29 is 4.79 Å². The number of aryl methyl sites for hydroxylation is 1. The Morgan fingerprint density at radius 3 is 2.85 bits per heavy atom. The Morgan fingerprint density at radius 2 is 2.15 bits per heavy atom. The van der Waals surface area contributed by atoms with E-state index in [9.17, 15) is 9.59 Å². The van der Waals surface area contributed by atoms with Crippen molar-refractivity contribution in [2.24, 2.45) is 11.3 Å². The molecular formula is C21H20N4O2. The van der Waals surface area contributed by atoms with Crippen LogP contribution in [0.1, 0.15) is 34.6 Å². The molecule has 0 atom stereocenters. The van der Waals surface area contributed by atoms with E-state index in [1.807, 2.05) is 30.5 Å². The molecule has 0 spiro atoms. The zero-order valence-electron chi connectivity index (χ0n) is 15.1. The summed E-state index contributed by atoms with van der Waals surface area (Å²) >= 11 is 0. The number of nitrogens with zero attached hydrogens (tertiary/aromatic N) is 3. The van der Waals surface area contributed by atoms with E-state index in [1.165, 1.54) is 12.8 Å². The van der Waals surface area contributed by atoms with E-state index in [0.717, 1.165) is 18.2 Å². The lowest BCUT2D eigenvalue weighted by atomic mass is 10.1. The second-order valence-electron chi connectivity index (χ2n) is 7.77. The number of fused-ring (bicyclic) bond motifs is 2. The third kappa shape index (κ3) is 2.81. The van der Waals surface area contributed by atoms with Crippen molar-refractivity contribution in [2.75, 3.05) is 0 Å². The summed E-state index contributed by atoms with van der Waals surface area (Å²) < 4.78 is 1.78. The van der Waals surface area contributed by atoms with Crippen LogP contribution in [0.5, 0.6) is 0 Å². The smallest absolute Gasteiger partial charge is 0.260 e. The number of amides is 1. The average molecular weight is 360 g/mol. The molecule has 2 aliphatic rings. The Bertz CT molecular complexity index is 1110. The third-order valence-electron chi connectivity index (χ3n) is 5.88. The van der Waals surface area contributed by atoms with Gasteiger partial charge in [-0.25, -0.2) is 0 Å². The lowest BCUT2D eigenvalue weighted by Crippen LogP contribution is -2.26. The van der Waals surface area contributed by atoms with Gasteiger partial charge < -0.3 is 9.88 Å². The van der Waals surface area contributed by atoms with E-state index in [0.29, 0.717) is 34.1 Å². The molecule has 3 aromatic rings.